The lowest BCUT2D eigenvalue weighted by molar-refractivity contribution is -0.121. The minimum Gasteiger partial charge on any atom is -0.494 e. The molecule has 0 heterocycles. The third-order valence-corrected chi connectivity index (χ3v) is 4.08. The van der Waals surface area contributed by atoms with E-state index in [9.17, 15) is 9.59 Å². The van der Waals surface area contributed by atoms with E-state index in [4.69, 9.17) is 10.5 Å². The number of ether oxygens (including phenoxy) is 1. The highest BCUT2D eigenvalue weighted by Crippen LogP contribution is 2.17. The van der Waals surface area contributed by atoms with Crippen LogP contribution in [-0.4, -0.2) is 25.0 Å². The lowest BCUT2D eigenvalue weighted by Gasteiger charge is -2.15. The summed E-state index contributed by atoms with van der Waals surface area (Å²) in [5, 5.41) is 5.76. The number of nitrogen functional groups attached to an aromatic ring is 1. The van der Waals surface area contributed by atoms with Crippen LogP contribution in [0.4, 0.5) is 5.69 Å². The number of amides is 2. The highest BCUT2D eigenvalue weighted by atomic mass is 35.5. The van der Waals surface area contributed by atoms with Crippen LogP contribution < -0.4 is 21.1 Å². The Morgan fingerprint density at radius 3 is 2.50 bits per heavy atom. The van der Waals surface area contributed by atoms with Crippen LogP contribution in [0.25, 0.3) is 0 Å². The molecule has 1 unspecified atom stereocenters. The molecule has 0 aliphatic rings. The number of hydrogen-bond donors (Lipinski definition) is 3. The molecule has 2 rings (SSSR count). The summed E-state index contributed by atoms with van der Waals surface area (Å²) in [5.41, 5.74) is 7.75. The zero-order valence-corrected chi connectivity index (χ0v) is 17.1. The van der Waals surface area contributed by atoms with E-state index in [1.165, 1.54) is 0 Å². The van der Waals surface area contributed by atoms with Crippen molar-refractivity contribution in [2.45, 2.75) is 32.7 Å². The molecule has 7 heteroatoms. The Morgan fingerprint density at radius 2 is 1.86 bits per heavy atom. The van der Waals surface area contributed by atoms with Crippen molar-refractivity contribution in [3.8, 4) is 5.75 Å². The van der Waals surface area contributed by atoms with Crippen LogP contribution in [0.2, 0.25) is 0 Å². The number of carbonyl (C=O) groups excluding carboxylic acids is 2. The second kappa shape index (κ2) is 11.9. The molecule has 0 fully saturated rings. The number of nitrogens with two attached hydrogens (primary N) is 1. The van der Waals surface area contributed by atoms with E-state index in [-0.39, 0.29) is 30.3 Å². The van der Waals surface area contributed by atoms with E-state index >= 15 is 0 Å². The Morgan fingerprint density at radius 1 is 1.14 bits per heavy atom. The molecule has 0 aromatic heterocycles. The van der Waals surface area contributed by atoms with Gasteiger partial charge in [-0.05, 0) is 56.2 Å². The van der Waals surface area contributed by atoms with Crippen molar-refractivity contribution in [1.82, 2.24) is 10.6 Å². The lowest BCUT2D eigenvalue weighted by atomic mass is 10.1. The highest BCUT2D eigenvalue weighted by molar-refractivity contribution is 5.95. The van der Waals surface area contributed by atoms with E-state index in [1.54, 1.807) is 24.3 Å². The Balaban J connectivity index is 0.00000392. The van der Waals surface area contributed by atoms with E-state index in [0.29, 0.717) is 37.2 Å². The van der Waals surface area contributed by atoms with Gasteiger partial charge in [0.25, 0.3) is 5.91 Å². The van der Waals surface area contributed by atoms with E-state index in [2.05, 4.69) is 10.6 Å². The summed E-state index contributed by atoms with van der Waals surface area (Å²) in [6.45, 7) is 4.93. The number of benzene rings is 2. The fourth-order valence-corrected chi connectivity index (χ4v) is 2.65. The zero-order valence-electron chi connectivity index (χ0n) is 16.2. The van der Waals surface area contributed by atoms with Crippen LogP contribution in [0.5, 0.6) is 5.75 Å². The Hall–Kier alpha value is -2.73. The fraction of sp³-hybridized carbons (Fsp3) is 0.333. The molecular weight excluding hydrogens is 378 g/mol. The monoisotopic (exact) mass is 405 g/mol. The van der Waals surface area contributed by atoms with Gasteiger partial charge in [0, 0.05) is 24.2 Å². The van der Waals surface area contributed by atoms with Gasteiger partial charge in [-0.3, -0.25) is 9.59 Å². The van der Waals surface area contributed by atoms with Crippen molar-refractivity contribution in [1.29, 1.82) is 0 Å². The van der Waals surface area contributed by atoms with Gasteiger partial charge in [0.2, 0.25) is 5.91 Å². The molecule has 0 spiro atoms. The first-order valence-electron chi connectivity index (χ1n) is 9.15. The van der Waals surface area contributed by atoms with Gasteiger partial charge in [-0.25, -0.2) is 0 Å². The fourth-order valence-electron chi connectivity index (χ4n) is 2.65. The molecule has 1 atom stereocenters. The first kappa shape index (κ1) is 23.3. The maximum absolute atomic E-state index is 12.1. The van der Waals surface area contributed by atoms with Gasteiger partial charge in [-0.15, -0.1) is 12.4 Å². The molecule has 2 amide bonds. The maximum Gasteiger partial charge on any atom is 0.251 e. The number of rotatable bonds is 9. The Kier molecular flexibility index (Phi) is 9.88. The molecule has 6 nitrogen and oxygen atoms in total. The van der Waals surface area contributed by atoms with Crippen LogP contribution in [0.3, 0.4) is 0 Å². The number of anilines is 1. The van der Waals surface area contributed by atoms with Crippen LogP contribution in [0.15, 0.2) is 48.5 Å². The van der Waals surface area contributed by atoms with Crippen molar-refractivity contribution >= 4 is 29.9 Å². The number of halogens is 1. The summed E-state index contributed by atoms with van der Waals surface area (Å²) in [6.07, 6.45) is 0.911. The molecule has 2 aromatic rings. The first-order chi connectivity index (χ1) is 13.0. The number of carbonyl (C=O) groups is 2. The van der Waals surface area contributed by atoms with Gasteiger partial charge in [-0.1, -0.05) is 18.2 Å². The minimum atomic E-state index is -0.189. The van der Waals surface area contributed by atoms with Crippen LogP contribution in [0.1, 0.15) is 48.7 Å². The maximum atomic E-state index is 12.1. The average Bonchev–Trinajstić information content (AvgIpc) is 2.66. The van der Waals surface area contributed by atoms with Crippen molar-refractivity contribution in [3.05, 3.63) is 59.7 Å². The molecule has 2 aromatic carbocycles. The molecule has 152 valence electrons. The summed E-state index contributed by atoms with van der Waals surface area (Å²) in [4.78, 5) is 24.1. The van der Waals surface area contributed by atoms with Gasteiger partial charge in [-0.2, -0.15) is 0 Å². The molecule has 0 saturated heterocycles. The van der Waals surface area contributed by atoms with Gasteiger partial charge in [0.05, 0.1) is 12.6 Å². The molecule has 0 aliphatic carbocycles. The number of nitrogens with one attached hydrogen (secondary N) is 2. The van der Waals surface area contributed by atoms with Gasteiger partial charge >= 0.3 is 0 Å². The second-order valence-electron chi connectivity index (χ2n) is 6.28. The van der Waals surface area contributed by atoms with Crippen molar-refractivity contribution in [3.63, 3.8) is 0 Å². The Bertz CT molecular complexity index is 766. The normalized spacial score (nSPS) is 11.1. The van der Waals surface area contributed by atoms with E-state index in [0.717, 1.165) is 11.3 Å². The van der Waals surface area contributed by atoms with Gasteiger partial charge in [0.15, 0.2) is 0 Å². The topological polar surface area (TPSA) is 93.5 Å². The average molecular weight is 406 g/mol. The molecular formula is C21H28ClN3O3. The molecule has 0 bridgehead atoms. The second-order valence-corrected chi connectivity index (χ2v) is 6.28. The largest absolute Gasteiger partial charge is 0.494 e. The summed E-state index contributed by atoms with van der Waals surface area (Å²) in [7, 11) is 0. The van der Waals surface area contributed by atoms with Crippen molar-refractivity contribution < 1.29 is 14.3 Å². The SMILES string of the molecule is CCOc1ccc(C(C)NC(=O)CCCNC(=O)c2cccc(N)c2)cc1.Cl. The van der Waals surface area contributed by atoms with Crippen molar-refractivity contribution in [2.24, 2.45) is 0 Å². The van der Waals surface area contributed by atoms with Crippen LogP contribution >= 0.6 is 12.4 Å². The summed E-state index contributed by atoms with van der Waals surface area (Å²) >= 11 is 0. The Labute approximate surface area is 172 Å². The zero-order chi connectivity index (χ0) is 19.6. The van der Waals surface area contributed by atoms with Crippen LogP contribution in [-0.2, 0) is 4.79 Å². The summed E-state index contributed by atoms with van der Waals surface area (Å²) < 4.78 is 5.42. The standard InChI is InChI=1S/C21H27N3O3.ClH/c1-3-27-19-11-9-16(10-12-19)15(2)24-20(25)8-5-13-23-21(26)17-6-4-7-18(22)14-17;/h4,6-7,9-12,14-15H,3,5,8,13,22H2,1-2H3,(H,23,26)(H,24,25);1H. The predicted molar refractivity (Wildman–Crippen MR) is 114 cm³/mol. The van der Waals surface area contributed by atoms with Gasteiger partial charge < -0.3 is 21.1 Å². The summed E-state index contributed by atoms with van der Waals surface area (Å²) in [6, 6.07) is 14.4. The van der Waals surface area contributed by atoms with Crippen molar-refractivity contribution in [2.75, 3.05) is 18.9 Å². The van der Waals surface area contributed by atoms with E-state index in [1.807, 2.05) is 38.1 Å². The highest BCUT2D eigenvalue weighted by Gasteiger charge is 2.10. The van der Waals surface area contributed by atoms with Gasteiger partial charge in [0.1, 0.15) is 5.75 Å². The number of hydrogen-bond acceptors (Lipinski definition) is 4. The summed E-state index contributed by atoms with van der Waals surface area (Å²) in [5.74, 6) is 0.579. The quantitative estimate of drug-likeness (QED) is 0.439. The van der Waals surface area contributed by atoms with Crippen LogP contribution in [0, 0.1) is 0 Å². The first-order valence-corrected chi connectivity index (χ1v) is 9.15. The molecule has 0 radical (unpaired) electrons. The molecule has 0 aliphatic heterocycles. The van der Waals surface area contributed by atoms with E-state index < -0.39 is 0 Å². The molecule has 4 N–H and O–H groups in total. The molecule has 28 heavy (non-hydrogen) atoms. The molecule has 0 saturated carbocycles. The smallest absolute Gasteiger partial charge is 0.251 e. The predicted octanol–water partition coefficient (Wildman–Crippen LogP) is 3.48. The lowest BCUT2D eigenvalue weighted by Crippen LogP contribution is -2.29. The third kappa shape index (κ3) is 7.48. The third-order valence-electron chi connectivity index (χ3n) is 4.08. The minimum absolute atomic E-state index is 0.